The van der Waals surface area contributed by atoms with Gasteiger partial charge in [0.25, 0.3) is 0 Å². The summed E-state index contributed by atoms with van der Waals surface area (Å²) in [7, 11) is 0. The summed E-state index contributed by atoms with van der Waals surface area (Å²) in [5.41, 5.74) is 2.68. The van der Waals surface area contributed by atoms with E-state index in [0.29, 0.717) is 5.75 Å². The van der Waals surface area contributed by atoms with Crippen LogP contribution in [0.5, 0.6) is 5.75 Å². The molecule has 1 saturated heterocycles. The Bertz CT molecular complexity index is 993. The van der Waals surface area contributed by atoms with Crippen LogP contribution in [0.25, 0.3) is 10.2 Å². The van der Waals surface area contributed by atoms with Gasteiger partial charge in [0.05, 0.1) is 5.39 Å². The Morgan fingerprint density at radius 2 is 2.04 bits per heavy atom. The highest BCUT2D eigenvalue weighted by atomic mass is 32.1. The molecular weight excluding hydrogens is 368 g/mol. The minimum Gasteiger partial charge on any atom is -0.508 e. The Kier molecular flexibility index (Phi) is 4.69. The van der Waals surface area contributed by atoms with Gasteiger partial charge < -0.3 is 10.0 Å². The van der Waals surface area contributed by atoms with E-state index >= 15 is 0 Å². The molecule has 3 aromatic rings. The highest BCUT2D eigenvalue weighted by molar-refractivity contribution is 7.19. The number of hydrogen-bond donors (Lipinski definition) is 1. The lowest BCUT2D eigenvalue weighted by atomic mass is 9.89. The van der Waals surface area contributed by atoms with Gasteiger partial charge in [0, 0.05) is 37.6 Å². The number of anilines is 1. The monoisotopic (exact) mass is 394 g/mol. The number of aromatic nitrogens is 2. The largest absolute Gasteiger partial charge is 0.508 e. The van der Waals surface area contributed by atoms with E-state index in [9.17, 15) is 5.11 Å². The number of rotatable bonds is 3. The van der Waals surface area contributed by atoms with E-state index in [1.54, 1.807) is 12.4 Å². The lowest BCUT2D eigenvalue weighted by Gasteiger charge is -2.35. The van der Waals surface area contributed by atoms with Gasteiger partial charge in [-0.05, 0) is 48.4 Å². The number of aryl methyl sites for hydroxylation is 1. The molecule has 0 bridgehead atoms. The van der Waals surface area contributed by atoms with Crippen LogP contribution in [-0.2, 0) is 19.4 Å². The highest BCUT2D eigenvalue weighted by Crippen LogP contribution is 2.40. The zero-order chi connectivity index (χ0) is 19.1. The minimum atomic E-state index is 0.344. The van der Waals surface area contributed by atoms with Crippen molar-refractivity contribution in [3.8, 4) is 5.75 Å². The predicted octanol–water partition coefficient (Wildman–Crippen LogP) is 3.84. The fourth-order valence-corrected chi connectivity index (χ4v) is 5.87. The van der Waals surface area contributed by atoms with E-state index in [1.165, 1.54) is 34.2 Å². The summed E-state index contributed by atoms with van der Waals surface area (Å²) >= 11 is 1.87. The Morgan fingerprint density at radius 3 is 2.86 bits per heavy atom. The van der Waals surface area contributed by atoms with E-state index < -0.39 is 0 Å². The lowest BCUT2D eigenvalue weighted by Crippen LogP contribution is -2.46. The van der Waals surface area contributed by atoms with Crippen molar-refractivity contribution in [1.29, 1.82) is 0 Å². The van der Waals surface area contributed by atoms with Crippen LogP contribution < -0.4 is 4.90 Å². The minimum absolute atomic E-state index is 0.344. The molecule has 0 spiro atoms. The first-order valence-corrected chi connectivity index (χ1v) is 11.0. The number of phenols is 1. The maximum Gasteiger partial charge on any atom is 0.141 e. The third kappa shape index (κ3) is 3.35. The van der Waals surface area contributed by atoms with Gasteiger partial charge >= 0.3 is 0 Å². The number of thiophene rings is 1. The number of hydrogen-bond acceptors (Lipinski definition) is 6. The molecule has 1 fully saturated rings. The number of phenolic OH excluding ortho intramolecular Hbond substituents is 1. The van der Waals surface area contributed by atoms with Crippen molar-refractivity contribution < 1.29 is 5.11 Å². The Balaban J connectivity index is 1.34. The number of nitrogens with zero attached hydrogens (tertiary/aromatic N) is 4. The molecular formula is C22H26N4OS. The van der Waals surface area contributed by atoms with Crippen molar-refractivity contribution in [2.75, 3.05) is 31.1 Å². The van der Waals surface area contributed by atoms with Crippen LogP contribution in [-0.4, -0.2) is 46.2 Å². The predicted molar refractivity (Wildman–Crippen MR) is 114 cm³/mol. The summed E-state index contributed by atoms with van der Waals surface area (Å²) in [6, 6.07) is 7.58. The van der Waals surface area contributed by atoms with E-state index in [1.807, 2.05) is 23.5 Å². The number of aromatic hydroxyl groups is 1. The van der Waals surface area contributed by atoms with E-state index in [4.69, 9.17) is 4.98 Å². The molecule has 28 heavy (non-hydrogen) atoms. The molecule has 2 aromatic heterocycles. The molecule has 6 heteroatoms. The first kappa shape index (κ1) is 17.9. The van der Waals surface area contributed by atoms with Crippen LogP contribution in [0.3, 0.4) is 0 Å². The number of benzene rings is 1. The van der Waals surface area contributed by atoms with Crippen molar-refractivity contribution in [3.05, 3.63) is 46.6 Å². The molecule has 0 saturated carbocycles. The molecule has 5 nitrogen and oxygen atoms in total. The molecule has 0 radical (unpaired) electrons. The molecule has 0 unspecified atom stereocenters. The molecule has 5 rings (SSSR count). The van der Waals surface area contributed by atoms with Crippen molar-refractivity contribution in [2.24, 2.45) is 5.92 Å². The Morgan fingerprint density at radius 1 is 1.18 bits per heavy atom. The standard InChI is InChI=1S/C22H26N4OS/c1-15-5-6-18-19(11-15)28-22-20(18)21(23-14-24-22)26-9-7-25(8-10-26)13-16-3-2-4-17(27)12-16/h2-4,12,14-15,27H,5-11,13H2,1H3/t15-/m0/s1. The summed E-state index contributed by atoms with van der Waals surface area (Å²) in [5, 5.41) is 11.0. The zero-order valence-corrected chi connectivity index (χ0v) is 17.1. The molecule has 1 atom stereocenters. The number of piperazine rings is 1. The van der Waals surface area contributed by atoms with Crippen LogP contribution >= 0.6 is 11.3 Å². The van der Waals surface area contributed by atoms with E-state index in [-0.39, 0.29) is 0 Å². The van der Waals surface area contributed by atoms with Crippen molar-refractivity contribution in [1.82, 2.24) is 14.9 Å². The third-order valence-electron chi connectivity index (χ3n) is 6.06. The molecule has 3 heterocycles. The second-order valence-electron chi connectivity index (χ2n) is 8.16. The zero-order valence-electron chi connectivity index (χ0n) is 16.3. The molecule has 1 aliphatic heterocycles. The lowest BCUT2D eigenvalue weighted by molar-refractivity contribution is 0.249. The van der Waals surface area contributed by atoms with Crippen molar-refractivity contribution in [2.45, 2.75) is 32.7 Å². The van der Waals surface area contributed by atoms with Gasteiger partial charge in [-0.1, -0.05) is 19.1 Å². The van der Waals surface area contributed by atoms with Gasteiger partial charge in [-0.15, -0.1) is 11.3 Å². The summed E-state index contributed by atoms with van der Waals surface area (Å²) in [6.07, 6.45) is 5.36. The van der Waals surface area contributed by atoms with Gasteiger partial charge in [0.1, 0.15) is 22.7 Å². The third-order valence-corrected chi connectivity index (χ3v) is 7.22. The normalized spacial score (nSPS) is 20.5. The van der Waals surface area contributed by atoms with E-state index in [0.717, 1.165) is 55.7 Å². The van der Waals surface area contributed by atoms with Crippen molar-refractivity contribution >= 4 is 27.4 Å². The summed E-state index contributed by atoms with van der Waals surface area (Å²) < 4.78 is 0. The summed E-state index contributed by atoms with van der Waals surface area (Å²) in [4.78, 5) is 16.9. The van der Waals surface area contributed by atoms with Gasteiger partial charge in [-0.25, -0.2) is 9.97 Å². The van der Waals surface area contributed by atoms with Crippen molar-refractivity contribution in [3.63, 3.8) is 0 Å². The van der Waals surface area contributed by atoms with Crippen LogP contribution in [0.1, 0.15) is 29.3 Å². The Hall–Kier alpha value is -2.18. The fraction of sp³-hybridized carbons (Fsp3) is 0.455. The second kappa shape index (κ2) is 7.33. The van der Waals surface area contributed by atoms with Crippen LogP contribution in [0.2, 0.25) is 0 Å². The first-order valence-electron chi connectivity index (χ1n) is 10.2. The number of fused-ring (bicyclic) bond motifs is 3. The molecule has 2 aliphatic rings. The van der Waals surface area contributed by atoms with Gasteiger partial charge in [0.2, 0.25) is 0 Å². The van der Waals surface area contributed by atoms with Crippen LogP contribution in [0.15, 0.2) is 30.6 Å². The maximum atomic E-state index is 9.69. The topological polar surface area (TPSA) is 52.5 Å². The maximum absolute atomic E-state index is 9.69. The molecule has 146 valence electrons. The fourth-order valence-electron chi connectivity index (χ4n) is 4.53. The highest BCUT2D eigenvalue weighted by Gasteiger charge is 2.26. The molecule has 1 N–H and O–H groups in total. The summed E-state index contributed by atoms with van der Waals surface area (Å²) in [6.45, 7) is 7.20. The average molecular weight is 395 g/mol. The second-order valence-corrected chi connectivity index (χ2v) is 9.25. The molecule has 1 aromatic carbocycles. The van der Waals surface area contributed by atoms with E-state index in [2.05, 4.69) is 27.8 Å². The van der Waals surface area contributed by atoms with Crippen LogP contribution in [0, 0.1) is 5.92 Å². The SMILES string of the molecule is C[C@H]1CCc2c(sc3ncnc(N4CCN(Cc5cccc(O)c5)CC4)c23)C1. The van der Waals surface area contributed by atoms with Crippen LogP contribution in [0.4, 0.5) is 5.82 Å². The van der Waals surface area contributed by atoms with Gasteiger partial charge in [0.15, 0.2) is 0 Å². The molecule has 0 amide bonds. The quantitative estimate of drug-likeness (QED) is 0.731. The summed E-state index contributed by atoms with van der Waals surface area (Å²) in [5.74, 6) is 2.25. The Labute approximate surface area is 169 Å². The first-order chi connectivity index (χ1) is 13.7. The average Bonchev–Trinajstić information content (AvgIpc) is 3.06. The molecule has 1 aliphatic carbocycles. The van der Waals surface area contributed by atoms with Gasteiger partial charge in [-0.2, -0.15) is 0 Å². The smallest absolute Gasteiger partial charge is 0.141 e. The van der Waals surface area contributed by atoms with Gasteiger partial charge in [-0.3, -0.25) is 4.90 Å².